The second-order valence-corrected chi connectivity index (χ2v) is 4.21. The van der Waals surface area contributed by atoms with E-state index in [1.165, 1.54) is 12.1 Å². The molecule has 0 bridgehead atoms. The molecular formula is C12H11BrF3N. The summed E-state index contributed by atoms with van der Waals surface area (Å²) in [6, 6.07) is 3.85. The van der Waals surface area contributed by atoms with E-state index < -0.39 is 11.7 Å². The van der Waals surface area contributed by atoms with Gasteiger partial charge in [0, 0.05) is 23.1 Å². The number of hydrogen-bond donors (Lipinski definition) is 1. The van der Waals surface area contributed by atoms with E-state index in [2.05, 4.69) is 33.1 Å². The standard InChI is InChI=1S/C12H11BrF3N/c1-2-3-4-7-17-11-8-9(13)5-6-10(11)12(14,15)16/h5-6,8,17H,4,7H2,1H3. The molecule has 0 radical (unpaired) electrons. The van der Waals surface area contributed by atoms with Gasteiger partial charge in [-0.25, -0.2) is 0 Å². The molecule has 92 valence electrons. The molecule has 0 amide bonds. The molecule has 1 nitrogen and oxygen atoms in total. The molecule has 0 fully saturated rings. The van der Waals surface area contributed by atoms with Crippen molar-refractivity contribution in [3.8, 4) is 11.8 Å². The molecule has 0 spiro atoms. The smallest absolute Gasteiger partial charge is 0.384 e. The van der Waals surface area contributed by atoms with Crippen molar-refractivity contribution >= 4 is 21.6 Å². The highest BCUT2D eigenvalue weighted by Gasteiger charge is 2.33. The largest absolute Gasteiger partial charge is 0.418 e. The van der Waals surface area contributed by atoms with Crippen LogP contribution in [0.15, 0.2) is 22.7 Å². The Morgan fingerprint density at radius 3 is 2.65 bits per heavy atom. The van der Waals surface area contributed by atoms with E-state index in [4.69, 9.17) is 0 Å². The molecule has 0 saturated carbocycles. The van der Waals surface area contributed by atoms with E-state index in [1.807, 2.05) is 0 Å². The van der Waals surface area contributed by atoms with Gasteiger partial charge in [0.05, 0.1) is 5.56 Å². The minimum absolute atomic E-state index is 0.0739. The maximum absolute atomic E-state index is 12.7. The predicted molar refractivity (Wildman–Crippen MR) is 65.7 cm³/mol. The van der Waals surface area contributed by atoms with Crippen molar-refractivity contribution in [3.63, 3.8) is 0 Å². The van der Waals surface area contributed by atoms with Crippen LogP contribution >= 0.6 is 15.9 Å². The summed E-state index contributed by atoms with van der Waals surface area (Å²) in [4.78, 5) is 0. The molecule has 1 aromatic rings. The fraction of sp³-hybridized carbons (Fsp3) is 0.333. The molecular weight excluding hydrogens is 295 g/mol. The van der Waals surface area contributed by atoms with Crippen molar-refractivity contribution in [3.05, 3.63) is 28.2 Å². The van der Waals surface area contributed by atoms with Crippen molar-refractivity contribution in [2.45, 2.75) is 19.5 Å². The third-order valence-corrected chi connectivity index (χ3v) is 2.52. The van der Waals surface area contributed by atoms with Crippen molar-refractivity contribution < 1.29 is 13.2 Å². The summed E-state index contributed by atoms with van der Waals surface area (Å²) < 4.78 is 38.6. The third kappa shape index (κ3) is 4.31. The lowest BCUT2D eigenvalue weighted by Crippen LogP contribution is -2.11. The second-order valence-electron chi connectivity index (χ2n) is 3.29. The van der Waals surface area contributed by atoms with Gasteiger partial charge in [-0.05, 0) is 25.1 Å². The fourth-order valence-electron chi connectivity index (χ4n) is 1.29. The highest BCUT2D eigenvalue weighted by Crippen LogP contribution is 2.36. The van der Waals surface area contributed by atoms with Crippen LogP contribution in [0.3, 0.4) is 0 Å². The van der Waals surface area contributed by atoms with Gasteiger partial charge in [-0.15, -0.1) is 11.8 Å². The zero-order valence-corrected chi connectivity index (χ0v) is 10.7. The molecule has 0 unspecified atom stereocenters. The number of benzene rings is 1. The maximum Gasteiger partial charge on any atom is 0.418 e. The molecule has 5 heteroatoms. The first-order chi connectivity index (χ1) is 7.95. The molecule has 0 atom stereocenters. The van der Waals surface area contributed by atoms with Crippen LogP contribution in [0.25, 0.3) is 0 Å². The quantitative estimate of drug-likeness (QED) is 0.649. The Morgan fingerprint density at radius 1 is 1.35 bits per heavy atom. The van der Waals surface area contributed by atoms with Crippen LogP contribution in [-0.4, -0.2) is 6.54 Å². The average molecular weight is 306 g/mol. The lowest BCUT2D eigenvalue weighted by atomic mass is 10.1. The first kappa shape index (κ1) is 13.9. The Morgan fingerprint density at radius 2 is 2.06 bits per heavy atom. The third-order valence-electron chi connectivity index (χ3n) is 2.03. The summed E-state index contributed by atoms with van der Waals surface area (Å²) in [5, 5.41) is 2.74. The van der Waals surface area contributed by atoms with Crippen LogP contribution in [0.4, 0.5) is 18.9 Å². The van der Waals surface area contributed by atoms with Crippen molar-refractivity contribution in [1.29, 1.82) is 0 Å². The Balaban J connectivity index is 2.87. The molecule has 0 aliphatic heterocycles. The first-order valence-corrected chi connectivity index (χ1v) is 5.74. The van der Waals surface area contributed by atoms with E-state index in [9.17, 15) is 13.2 Å². The lowest BCUT2D eigenvalue weighted by Gasteiger charge is -2.14. The normalized spacial score (nSPS) is 10.6. The van der Waals surface area contributed by atoms with Gasteiger partial charge in [0.15, 0.2) is 0 Å². The number of halogens is 4. The van der Waals surface area contributed by atoms with Gasteiger partial charge in [0.25, 0.3) is 0 Å². The van der Waals surface area contributed by atoms with Gasteiger partial charge < -0.3 is 5.32 Å². The first-order valence-electron chi connectivity index (χ1n) is 4.95. The van der Waals surface area contributed by atoms with Crippen LogP contribution in [0.1, 0.15) is 18.9 Å². The minimum atomic E-state index is -4.35. The van der Waals surface area contributed by atoms with Crippen LogP contribution < -0.4 is 5.32 Å². The zero-order chi connectivity index (χ0) is 12.9. The Kier molecular flexibility index (Phi) is 4.88. The molecule has 0 aromatic heterocycles. The van der Waals surface area contributed by atoms with Gasteiger partial charge in [-0.1, -0.05) is 15.9 Å². The van der Waals surface area contributed by atoms with Gasteiger partial charge in [-0.3, -0.25) is 0 Å². The van der Waals surface area contributed by atoms with E-state index in [0.717, 1.165) is 6.07 Å². The topological polar surface area (TPSA) is 12.0 Å². The number of hydrogen-bond acceptors (Lipinski definition) is 1. The Labute approximate surface area is 107 Å². The molecule has 1 rings (SSSR count). The molecule has 0 aliphatic carbocycles. The highest BCUT2D eigenvalue weighted by molar-refractivity contribution is 9.10. The van der Waals surface area contributed by atoms with Gasteiger partial charge in [-0.2, -0.15) is 13.2 Å². The van der Waals surface area contributed by atoms with Crippen LogP contribution in [-0.2, 0) is 6.18 Å². The average Bonchev–Trinajstić information content (AvgIpc) is 2.23. The van der Waals surface area contributed by atoms with E-state index in [1.54, 1.807) is 6.92 Å². The number of rotatable bonds is 3. The van der Waals surface area contributed by atoms with Crippen molar-refractivity contribution in [2.75, 3.05) is 11.9 Å². The SMILES string of the molecule is CC#CCCNc1cc(Br)ccc1C(F)(F)F. The van der Waals surface area contributed by atoms with Crippen LogP contribution in [0, 0.1) is 11.8 Å². The zero-order valence-electron chi connectivity index (χ0n) is 9.16. The second kappa shape index (κ2) is 5.97. The van der Waals surface area contributed by atoms with E-state index in [0.29, 0.717) is 17.4 Å². The summed E-state index contributed by atoms with van der Waals surface area (Å²) in [6.45, 7) is 2.08. The Hall–Kier alpha value is -1.15. The summed E-state index contributed by atoms with van der Waals surface area (Å²) in [6.07, 6.45) is -3.83. The highest BCUT2D eigenvalue weighted by atomic mass is 79.9. The minimum Gasteiger partial charge on any atom is -0.384 e. The van der Waals surface area contributed by atoms with E-state index >= 15 is 0 Å². The fourth-order valence-corrected chi connectivity index (χ4v) is 1.66. The van der Waals surface area contributed by atoms with Gasteiger partial charge in [0.2, 0.25) is 0 Å². The molecule has 1 N–H and O–H groups in total. The van der Waals surface area contributed by atoms with E-state index in [-0.39, 0.29) is 5.69 Å². The molecule has 0 heterocycles. The van der Waals surface area contributed by atoms with Crippen molar-refractivity contribution in [1.82, 2.24) is 0 Å². The van der Waals surface area contributed by atoms with Crippen molar-refractivity contribution in [2.24, 2.45) is 0 Å². The van der Waals surface area contributed by atoms with Crippen LogP contribution in [0.5, 0.6) is 0 Å². The predicted octanol–water partition coefficient (Wildman–Crippen LogP) is 4.29. The summed E-state index contributed by atoms with van der Waals surface area (Å²) >= 11 is 3.15. The summed E-state index contributed by atoms with van der Waals surface area (Å²) in [5.74, 6) is 5.47. The molecule has 0 aliphatic rings. The molecule has 0 saturated heterocycles. The number of nitrogens with one attached hydrogen (secondary N) is 1. The maximum atomic E-state index is 12.7. The lowest BCUT2D eigenvalue weighted by molar-refractivity contribution is -0.136. The number of anilines is 1. The van der Waals surface area contributed by atoms with Crippen LogP contribution in [0.2, 0.25) is 0 Å². The molecule has 1 aromatic carbocycles. The summed E-state index contributed by atoms with van der Waals surface area (Å²) in [7, 11) is 0. The monoisotopic (exact) mass is 305 g/mol. The van der Waals surface area contributed by atoms with Gasteiger partial charge in [0.1, 0.15) is 0 Å². The van der Waals surface area contributed by atoms with Gasteiger partial charge >= 0.3 is 6.18 Å². The number of alkyl halides is 3. The molecule has 17 heavy (non-hydrogen) atoms. The Bertz CT molecular complexity index is 443. The summed E-state index contributed by atoms with van der Waals surface area (Å²) in [5.41, 5.74) is -0.588.